The van der Waals surface area contributed by atoms with E-state index < -0.39 is 0 Å². The van der Waals surface area contributed by atoms with Crippen molar-refractivity contribution >= 4 is 10.9 Å². The van der Waals surface area contributed by atoms with Crippen molar-refractivity contribution in [2.45, 2.75) is 6.42 Å². The van der Waals surface area contributed by atoms with Gasteiger partial charge in [0.05, 0.1) is 22.5 Å². The third-order valence-corrected chi connectivity index (χ3v) is 3.12. The van der Waals surface area contributed by atoms with Crippen molar-refractivity contribution in [1.82, 2.24) is 9.97 Å². The van der Waals surface area contributed by atoms with E-state index in [0.29, 0.717) is 28.7 Å². The van der Waals surface area contributed by atoms with E-state index >= 15 is 0 Å². The van der Waals surface area contributed by atoms with Gasteiger partial charge in [-0.05, 0) is 29.8 Å². The van der Waals surface area contributed by atoms with Crippen molar-refractivity contribution in [2.75, 3.05) is 0 Å². The number of hydrogen-bond acceptors (Lipinski definition) is 3. The minimum atomic E-state index is -0.126. The molecular formula is C16H11N3O. The zero-order valence-corrected chi connectivity index (χ0v) is 10.6. The Balaban J connectivity index is 1.98. The van der Waals surface area contributed by atoms with Crippen LogP contribution in [0.4, 0.5) is 0 Å². The third-order valence-electron chi connectivity index (χ3n) is 3.12. The second-order valence-corrected chi connectivity index (χ2v) is 4.52. The van der Waals surface area contributed by atoms with Crippen LogP contribution in [0.3, 0.4) is 0 Å². The largest absolute Gasteiger partial charge is 0.310 e. The summed E-state index contributed by atoms with van der Waals surface area (Å²) in [6, 6.07) is 16.6. The third kappa shape index (κ3) is 2.29. The Bertz CT molecular complexity index is 857. The van der Waals surface area contributed by atoms with Crippen LogP contribution < -0.4 is 5.56 Å². The highest BCUT2D eigenvalue weighted by Crippen LogP contribution is 2.10. The first kappa shape index (κ1) is 12.1. The molecule has 0 atom stereocenters. The average Bonchev–Trinajstić information content (AvgIpc) is 2.48. The van der Waals surface area contributed by atoms with Crippen molar-refractivity contribution in [3.8, 4) is 6.07 Å². The average molecular weight is 261 g/mol. The molecule has 3 rings (SSSR count). The SMILES string of the molecule is N#Cc1ccc(Cc2nc3ccccc3c(=O)[nH]2)cc1. The highest BCUT2D eigenvalue weighted by atomic mass is 16.1. The smallest absolute Gasteiger partial charge is 0.258 e. The van der Waals surface area contributed by atoms with Crippen LogP contribution in [0.2, 0.25) is 0 Å². The quantitative estimate of drug-likeness (QED) is 0.770. The summed E-state index contributed by atoms with van der Waals surface area (Å²) >= 11 is 0. The van der Waals surface area contributed by atoms with Gasteiger partial charge in [0.25, 0.3) is 5.56 Å². The summed E-state index contributed by atoms with van der Waals surface area (Å²) in [4.78, 5) is 19.2. The molecule has 1 N–H and O–H groups in total. The van der Waals surface area contributed by atoms with Crippen LogP contribution in [-0.2, 0) is 6.42 Å². The van der Waals surface area contributed by atoms with E-state index in [2.05, 4.69) is 16.0 Å². The fourth-order valence-electron chi connectivity index (χ4n) is 2.11. The zero-order valence-electron chi connectivity index (χ0n) is 10.6. The molecule has 0 radical (unpaired) electrons. The summed E-state index contributed by atoms with van der Waals surface area (Å²) in [5.74, 6) is 0.624. The second-order valence-electron chi connectivity index (χ2n) is 4.52. The second kappa shape index (κ2) is 4.98. The van der Waals surface area contributed by atoms with Crippen LogP contribution in [0.5, 0.6) is 0 Å². The molecule has 96 valence electrons. The number of aromatic amines is 1. The van der Waals surface area contributed by atoms with Gasteiger partial charge >= 0.3 is 0 Å². The Morgan fingerprint density at radius 1 is 1.10 bits per heavy atom. The first-order valence-electron chi connectivity index (χ1n) is 6.23. The standard InChI is InChI=1S/C16H11N3O/c17-10-12-7-5-11(6-8-12)9-15-18-14-4-2-1-3-13(14)16(20)19-15/h1-8H,9H2,(H,18,19,20). The van der Waals surface area contributed by atoms with Crippen molar-refractivity contribution in [2.24, 2.45) is 0 Å². The molecule has 0 aliphatic rings. The molecule has 3 aromatic rings. The van der Waals surface area contributed by atoms with Gasteiger partial charge in [0.15, 0.2) is 0 Å². The van der Waals surface area contributed by atoms with Crippen molar-refractivity contribution in [1.29, 1.82) is 5.26 Å². The van der Waals surface area contributed by atoms with Gasteiger partial charge in [-0.25, -0.2) is 4.98 Å². The topological polar surface area (TPSA) is 69.5 Å². The van der Waals surface area contributed by atoms with E-state index in [1.807, 2.05) is 30.3 Å². The van der Waals surface area contributed by atoms with E-state index in [4.69, 9.17) is 5.26 Å². The minimum absolute atomic E-state index is 0.126. The molecule has 0 aliphatic carbocycles. The molecule has 4 heteroatoms. The number of nitrogens with zero attached hydrogens (tertiary/aromatic N) is 2. The summed E-state index contributed by atoms with van der Waals surface area (Å²) in [6.07, 6.45) is 0.534. The molecule has 20 heavy (non-hydrogen) atoms. The van der Waals surface area contributed by atoms with Crippen molar-refractivity contribution in [3.05, 3.63) is 75.8 Å². The lowest BCUT2D eigenvalue weighted by molar-refractivity contribution is 0.973. The number of benzene rings is 2. The van der Waals surface area contributed by atoms with Crippen LogP contribution in [-0.4, -0.2) is 9.97 Å². The Hall–Kier alpha value is -2.93. The normalized spacial score (nSPS) is 10.3. The number of fused-ring (bicyclic) bond motifs is 1. The van der Waals surface area contributed by atoms with E-state index in [1.165, 1.54) is 0 Å². The molecule has 1 aromatic heterocycles. The summed E-state index contributed by atoms with van der Waals surface area (Å²) < 4.78 is 0. The lowest BCUT2D eigenvalue weighted by Crippen LogP contribution is -2.12. The summed E-state index contributed by atoms with van der Waals surface area (Å²) in [6.45, 7) is 0. The monoisotopic (exact) mass is 261 g/mol. The zero-order chi connectivity index (χ0) is 13.9. The Morgan fingerprint density at radius 2 is 1.85 bits per heavy atom. The lowest BCUT2D eigenvalue weighted by atomic mass is 10.1. The highest BCUT2D eigenvalue weighted by molar-refractivity contribution is 5.77. The van der Waals surface area contributed by atoms with Crippen molar-refractivity contribution < 1.29 is 0 Å². The van der Waals surface area contributed by atoms with Gasteiger partial charge in [-0.2, -0.15) is 5.26 Å². The maximum Gasteiger partial charge on any atom is 0.258 e. The van der Waals surface area contributed by atoms with Crippen LogP contribution in [0.15, 0.2) is 53.3 Å². The number of hydrogen-bond donors (Lipinski definition) is 1. The fourth-order valence-corrected chi connectivity index (χ4v) is 2.11. The van der Waals surface area contributed by atoms with Gasteiger partial charge in [-0.3, -0.25) is 4.79 Å². The number of para-hydroxylation sites is 1. The summed E-state index contributed by atoms with van der Waals surface area (Å²) in [5, 5.41) is 9.36. The van der Waals surface area contributed by atoms with Crippen molar-refractivity contribution in [3.63, 3.8) is 0 Å². The predicted octanol–water partition coefficient (Wildman–Crippen LogP) is 2.39. The maximum absolute atomic E-state index is 12.0. The number of rotatable bonds is 2. The minimum Gasteiger partial charge on any atom is -0.310 e. The summed E-state index contributed by atoms with van der Waals surface area (Å²) in [7, 11) is 0. The number of aromatic nitrogens is 2. The van der Waals surface area contributed by atoms with Crippen LogP contribution in [0.25, 0.3) is 10.9 Å². The van der Waals surface area contributed by atoms with Gasteiger partial charge in [-0.1, -0.05) is 24.3 Å². The molecule has 0 unspecified atom stereocenters. The van der Waals surface area contributed by atoms with Crippen LogP contribution >= 0.6 is 0 Å². The van der Waals surface area contributed by atoms with E-state index in [0.717, 1.165) is 5.56 Å². The van der Waals surface area contributed by atoms with E-state index in [-0.39, 0.29) is 5.56 Å². The maximum atomic E-state index is 12.0. The van der Waals surface area contributed by atoms with Gasteiger partial charge in [0, 0.05) is 6.42 Å². The molecule has 2 aromatic carbocycles. The molecule has 0 bridgehead atoms. The van der Waals surface area contributed by atoms with Gasteiger partial charge in [0.2, 0.25) is 0 Å². The lowest BCUT2D eigenvalue weighted by Gasteiger charge is -2.03. The predicted molar refractivity (Wildman–Crippen MR) is 76.3 cm³/mol. The molecule has 4 nitrogen and oxygen atoms in total. The van der Waals surface area contributed by atoms with Gasteiger partial charge < -0.3 is 4.98 Å². The number of nitriles is 1. The fraction of sp³-hybridized carbons (Fsp3) is 0.0625. The summed E-state index contributed by atoms with van der Waals surface area (Å²) in [5.41, 5.74) is 2.19. The Labute approximate surface area is 115 Å². The number of H-pyrrole nitrogens is 1. The molecule has 0 amide bonds. The van der Waals surface area contributed by atoms with E-state index in [1.54, 1.807) is 18.2 Å². The van der Waals surface area contributed by atoms with Crippen LogP contribution in [0, 0.1) is 11.3 Å². The molecule has 0 fully saturated rings. The first-order chi connectivity index (χ1) is 9.76. The molecule has 0 saturated carbocycles. The Kier molecular flexibility index (Phi) is 3.02. The van der Waals surface area contributed by atoms with Gasteiger partial charge in [0.1, 0.15) is 5.82 Å². The first-order valence-corrected chi connectivity index (χ1v) is 6.23. The molecule has 0 saturated heterocycles. The molecular weight excluding hydrogens is 250 g/mol. The molecule has 0 aliphatic heterocycles. The molecule has 1 heterocycles. The Morgan fingerprint density at radius 3 is 2.60 bits per heavy atom. The van der Waals surface area contributed by atoms with E-state index in [9.17, 15) is 4.79 Å². The number of nitrogens with one attached hydrogen (secondary N) is 1. The van der Waals surface area contributed by atoms with Gasteiger partial charge in [-0.15, -0.1) is 0 Å². The van der Waals surface area contributed by atoms with Crippen LogP contribution in [0.1, 0.15) is 17.0 Å². The highest BCUT2D eigenvalue weighted by Gasteiger charge is 2.04. The molecule has 0 spiro atoms.